The Kier molecular flexibility index (Phi) is 5.51. The fraction of sp³-hybridized carbons (Fsp3) is 0.375. The molecule has 2 N–H and O–H groups in total. The lowest BCUT2D eigenvalue weighted by molar-refractivity contribution is 0.248. The highest BCUT2D eigenvalue weighted by molar-refractivity contribution is 5.99. The first-order valence-corrected chi connectivity index (χ1v) is 7.35. The van der Waals surface area contributed by atoms with Crippen molar-refractivity contribution in [3.8, 4) is 0 Å². The number of para-hydroxylation sites is 1. The molecule has 5 heteroatoms. The molecule has 0 spiro atoms. The van der Waals surface area contributed by atoms with Crippen LogP contribution >= 0.6 is 0 Å². The molecule has 0 saturated heterocycles. The first-order valence-electron chi connectivity index (χ1n) is 7.35. The van der Waals surface area contributed by atoms with E-state index in [0.29, 0.717) is 6.54 Å². The van der Waals surface area contributed by atoms with Gasteiger partial charge in [0.25, 0.3) is 0 Å². The van der Waals surface area contributed by atoms with Gasteiger partial charge in [-0.25, -0.2) is 4.79 Å². The van der Waals surface area contributed by atoms with Crippen LogP contribution in [0.15, 0.2) is 36.5 Å². The van der Waals surface area contributed by atoms with Crippen LogP contribution in [0.4, 0.5) is 10.5 Å². The first-order chi connectivity index (χ1) is 10.2. The number of hydrogen-bond acceptors (Lipinski definition) is 3. The highest BCUT2D eigenvalue weighted by Gasteiger charge is 2.06. The minimum absolute atomic E-state index is 0.194. The molecular formula is C16H22N4O. The highest BCUT2D eigenvalue weighted by Crippen LogP contribution is 2.20. The van der Waals surface area contributed by atoms with Gasteiger partial charge in [0, 0.05) is 24.7 Å². The molecule has 0 fully saturated rings. The van der Waals surface area contributed by atoms with E-state index in [1.54, 1.807) is 6.20 Å². The van der Waals surface area contributed by atoms with E-state index >= 15 is 0 Å². The Morgan fingerprint density at radius 2 is 1.95 bits per heavy atom. The number of rotatable bonds is 6. The first kappa shape index (κ1) is 15.3. The number of anilines is 1. The van der Waals surface area contributed by atoms with Crippen molar-refractivity contribution >= 4 is 22.6 Å². The number of fused-ring (bicyclic) bond motifs is 1. The van der Waals surface area contributed by atoms with Crippen LogP contribution in [0.1, 0.15) is 13.8 Å². The number of urea groups is 1. The molecule has 0 aliphatic heterocycles. The predicted molar refractivity (Wildman–Crippen MR) is 86.6 cm³/mol. The van der Waals surface area contributed by atoms with Gasteiger partial charge in [-0.05, 0) is 25.2 Å². The van der Waals surface area contributed by atoms with Crippen LogP contribution in [0.3, 0.4) is 0 Å². The van der Waals surface area contributed by atoms with Crippen molar-refractivity contribution in [2.45, 2.75) is 13.8 Å². The van der Waals surface area contributed by atoms with Crippen molar-refractivity contribution in [1.29, 1.82) is 0 Å². The van der Waals surface area contributed by atoms with E-state index in [0.717, 1.165) is 36.2 Å². The summed E-state index contributed by atoms with van der Waals surface area (Å²) >= 11 is 0. The summed E-state index contributed by atoms with van der Waals surface area (Å²) in [5.74, 6) is 0. The minimum Gasteiger partial charge on any atom is -0.337 e. The Hall–Kier alpha value is -2.14. The topological polar surface area (TPSA) is 57.3 Å². The maximum Gasteiger partial charge on any atom is 0.319 e. The second-order valence-electron chi connectivity index (χ2n) is 4.79. The Morgan fingerprint density at radius 1 is 1.19 bits per heavy atom. The summed E-state index contributed by atoms with van der Waals surface area (Å²) in [5.41, 5.74) is 1.53. The molecule has 0 radical (unpaired) electrons. The summed E-state index contributed by atoms with van der Waals surface area (Å²) in [6.07, 6.45) is 1.73. The van der Waals surface area contributed by atoms with Gasteiger partial charge in [-0.15, -0.1) is 0 Å². The van der Waals surface area contributed by atoms with Crippen LogP contribution in [0, 0.1) is 0 Å². The molecule has 1 aromatic heterocycles. The molecule has 0 atom stereocenters. The van der Waals surface area contributed by atoms with E-state index in [1.807, 2.05) is 30.3 Å². The number of nitrogens with one attached hydrogen (secondary N) is 2. The Morgan fingerprint density at radius 3 is 2.71 bits per heavy atom. The van der Waals surface area contributed by atoms with E-state index in [1.165, 1.54) is 0 Å². The number of carbonyl (C=O) groups is 1. The zero-order valence-electron chi connectivity index (χ0n) is 12.6. The molecule has 5 nitrogen and oxygen atoms in total. The van der Waals surface area contributed by atoms with Gasteiger partial charge in [0.05, 0.1) is 11.2 Å². The summed E-state index contributed by atoms with van der Waals surface area (Å²) in [5, 5.41) is 6.75. The Bertz CT molecular complexity index is 590. The quantitative estimate of drug-likeness (QED) is 0.858. The van der Waals surface area contributed by atoms with Crippen molar-refractivity contribution in [1.82, 2.24) is 15.2 Å². The number of nitrogens with zero attached hydrogens (tertiary/aromatic N) is 2. The lowest BCUT2D eigenvalue weighted by Crippen LogP contribution is -2.36. The number of amides is 2. The summed E-state index contributed by atoms with van der Waals surface area (Å²) in [6.45, 7) is 7.71. The number of hydrogen-bond donors (Lipinski definition) is 2. The molecule has 2 aromatic rings. The van der Waals surface area contributed by atoms with E-state index < -0.39 is 0 Å². The van der Waals surface area contributed by atoms with Crippen molar-refractivity contribution in [3.63, 3.8) is 0 Å². The Labute approximate surface area is 125 Å². The average molecular weight is 286 g/mol. The molecule has 2 amide bonds. The van der Waals surface area contributed by atoms with Crippen LogP contribution in [-0.4, -0.2) is 42.1 Å². The maximum absolute atomic E-state index is 11.9. The molecule has 1 heterocycles. The molecule has 0 bridgehead atoms. The van der Waals surface area contributed by atoms with Crippen molar-refractivity contribution in [3.05, 3.63) is 36.5 Å². The normalized spacial score (nSPS) is 10.8. The van der Waals surface area contributed by atoms with Gasteiger partial charge in [-0.2, -0.15) is 0 Å². The number of pyridine rings is 1. The largest absolute Gasteiger partial charge is 0.337 e. The minimum atomic E-state index is -0.194. The molecule has 21 heavy (non-hydrogen) atoms. The van der Waals surface area contributed by atoms with Crippen LogP contribution in [0.25, 0.3) is 10.9 Å². The highest BCUT2D eigenvalue weighted by atomic mass is 16.2. The third kappa shape index (κ3) is 4.16. The number of aromatic nitrogens is 1. The molecule has 2 rings (SSSR count). The second-order valence-corrected chi connectivity index (χ2v) is 4.79. The third-order valence-electron chi connectivity index (χ3n) is 3.49. The molecule has 1 aromatic carbocycles. The van der Waals surface area contributed by atoms with E-state index in [9.17, 15) is 4.79 Å². The fourth-order valence-electron chi connectivity index (χ4n) is 2.24. The van der Waals surface area contributed by atoms with Gasteiger partial charge in [0.2, 0.25) is 0 Å². The molecule has 0 aliphatic carbocycles. The van der Waals surface area contributed by atoms with Gasteiger partial charge in [0.15, 0.2) is 0 Å². The molecule has 0 unspecified atom stereocenters. The van der Waals surface area contributed by atoms with Crippen LogP contribution in [0.2, 0.25) is 0 Å². The molecular weight excluding hydrogens is 264 g/mol. The zero-order chi connectivity index (χ0) is 15.1. The van der Waals surface area contributed by atoms with Gasteiger partial charge in [-0.1, -0.05) is 32.0 Å². The van der Waals surface area contributed by atoms with Gasteiger partial charge >= 0.3 is 6.03 Å². The third-order valence-corrected chi connectivity index (χ3v) is 3.49. The van der Waals surface area contributed by atoms with Crippen LogP contribution in [-0.2, 0) is 0 Å². The Balaban J connectivity index is 1.93. The van der Waals surface area contributed by atoms with E-state index in [-0.39, 0.29) is 6.03 Å². The van der Waals surface area contributed by atoms with E-state index in [2.05, 4.69) is 34.4 Å². The molecule has 112 valence electrons. The lowest BCUT2D eigenvalue weighted by atomic mass is 10.2. The number of carbonyl (C=O) groups excluding carboxylic acids is 1. The van der Waals surface area contributed by atoms with Gasteiger partial charge in [-0.3, -0.25) is 4.98 Å². The lowest BCUT2D eigenvalue weighted by Gasteiger charge is -2.18. The van der Waals surface area contributed by atoms with E-state index in [4.69, 9.17) is 0 Å². The summed E-state index contributed by atoms with van der Waals surface area (Å²) in [7, 11) is 0. The molecule has 0 saturated carbocycles. The number of benzene rings is 1. The van der Waals surface area contributed by atoms with Crippen molar-refractivity contribution in [2.24, 2.45) is 0 Å². The summed E-state index contributed by atoms with van der Waals surface area (Å²) in [6, 6.07) is 9.42. The average Bonchev–Trinajstić information content (AvgIpc) is 2.52. The van der Waals surface area contributed by atoms with Crippen molar-refractivity contribution < 1.29 is 4.79 Å². The van der Waals surface area contributed by atoms with Crippen LogP contribution in [0.5, 0.6) is 0 Å². The fourth-order valence-corrected chi connectivity index (χ4v) is 2.24. The van der Waals surface area contributed by atoms with Crippen molar-refractivity contribution in [2.75, 3.05) is 31.5 Å². The number of likely N-dealkylation sites (N-methyl/N-ethyl adjacent to an activating group) is 1. The monoisotopic (exact) mass is 286 g/mol. The molecule has 0 aliphatic rings. The van der Waals surface area contributed by atoms with Gasteiger partial charge in [0.1, 0.15) is 0 Å². The predicted octanol–water partition coefficient (Wildman–Crippen LogP) is 2.70. The summed E-state index contributed by atoms with van der Waals surface area (Å²) in [4.78, 5) is 18.5. The second kappa shape index (κ2) is 7.59. The smallest absolute Gasteiger partial charge is 0.319 e. The SMILES string of the molecule is CCN(CC)CCNC(=O)Nc1cccc2cccnc12. The summed E-state index contributed by atoms with van der Waals surface area (Å²) < 4.78 is 0. The zero-order valence-corrected chi connectivity index (χ0v) is 12.6. The standard InChI is InChI=1S/C16H22N4O/c1-3-20(4-2)12-11-18-16(21)19-14-9-5-7-13-8-6-10-17-15(13)14/h5-10H,3-4,11-12H2,1-2H3,(H2,18,19,21). The van der Waals surface area contributed by atoms with Gasteiger partial charge < -0.3 is 15.5 Å². The maximum atomic E-state index is 11.9. The van der Waals surface area contributed by atoms with Crippen LogP contribution < -0.4 is 10.6 Å².